The lowest BCUT2D eigenvalue weighted by atomic mass is 9.91. The average Bonchev–Trinajstić information content (AvgIpc) is 2.73. The predicted octanol–water partition coefficient (Wildman–Crippen LogP) is 0.878. The van der Waals surface area contributed by atoms with Gasteiger partial charge in [0.15, 0.2) is 0 Å². The highest BCUT2D eigenvalue weighted by atomic mass is 16.6. The van der Waals surface area contributed by atoms with Gasteiger partial charge in [-0.1, -0.05) is 12.1 Å². The number of ether oxygens (including phenoxy) is 2. The number of anilines is 2. The first-order chi connectivity index (χ1) is 14.3. The van der Waals surface area contributed by atoms with E-state index >= 15 is 0 Å². The zero-order chi connectivity index (χ0) is 21.8. The van der Waals surface area contributed by atoms with Crippen molar-refractivity contribution in [2.24, 2.45) is 0 Å². The number of hydrogen-bond acceptors (Lipinski definition) is 8. The normalized spacial score (nSPS) is 26.1. The number of carbonyl (C=O) groups is 1. The molecule has 0 spiro atoms. The van der Waals surface area contributed by atoms with Crippen LogP contribution in [0.5, 0.6) is 5.75 Å². The third-order valence-electron chi connectivity index (χ3n) is 4.92. The lowest BCUT2D eigenvalue weighted by Gasteiger charge is -2.40. The predicted molar refractivity (Wildman–Crippen MR) is 110 cm³/mol. The van der Waals surface area contributed by atoms with E-state index in [4.69, 9.17) is 9.47 Å². The highest BCUT2D eigenvalue weighted by Gasteiger charge is 2.44. The van der Waals surface area contributed by atoms with Crippen molar-refractivity contribution in [3.8, 4) is 5.75 Å². The van der Waals surface area contributed by atoms with E-state index in [2.05, 4.69) is 5.32 Å². The highest BCUT2D eigenvalue weighted by molar-refractivity contribution is 5.86. The molecule has 0 aromatic heterocycles. The molecule has 1 amide bonds. The van der Waals surface area contributed by atoms with Crippen molar-refractivity contribution in [1.82, 2.24) is 0 Å². The van der Waals surface area contributed by atoms with E-state index in [0.29, 0.717) is 11.3 Å². The molecule has 1 heterocycles. The van der Waals surface area contributed by atoms with Gasteiger partial charge in [0, 0.05) is 25.5 Å². The molecule has 0 saturated carbocycles. The first kappa shape index (κ1) is 22.0. The van der Waals surface area contributed by atoms with Crippen LogP contribution in [0.25, 0.3) is 0 Å². The van der Waals surface area contributed by atoms with Crippen molar-refractivity contribution in [1.29, 1.82) is 0 Å². The minimum atomic E-state index is -1.49. The van der Waals surface area contributed by atoms with E-state index in [1.165, 1.54) is 6.07 Å². The van der Waals surface area contributed by atoms with Gasteiger partial charge >= 0.3 is 6.09 Å². The summed E-state index contributed by atoms with van der Waals surface area (Å²) in [5.74, 6) is 0.201. The summed E-state index contributed by atoms with van der Waals surface area (Å²) in [6.07, 6.45) is -7.07. The number of benzene rings is 2. The number of carbonyl (C=O) groups excluding carboxylic acids is 1. The second-order valence-corrected chi connectivity index (χ2v) is 7.28. The van der Waals surface area contributed by atoms with Crippen molar-refractivity contribution in [2.45, 2.75) is 30.5 Å². The summed E-state index contributed by atoms with van der Waals surface area (Å²) in [5.41, 5.74) is 1.98. The maximum atomic E-state index is 12.2. The van der Waals surface area contributed by atoms with Crippen LogP contribution in [0.2, 0.25) is 0 Å². The third kappa shape index (κ3) is 4.89. The van der Waals surface area contributed by atoms with Gasteiger partial charge in [-0.2, -0.15) is 0 Å². The SMILES string of the molecule is CN(C)c1ccc(NC(=O)Oc2cccc([C@H]3O[C@H](CO)[C@@H](O)[C@H](O)[C@H]3O)c2)cc1. The Kier molecular flexibility index (Phi) is 6.91. The van der Waals surface area contributed by atoms with Crippen LogP contribution in [0.3, 0.4) is 0 Å². The summed E-state index contributed by atoms with van der Waals surface area (Å²) < 4.78 is 10.8. The van der Waals surface area contributed by atoms with Gasteiger partial charge in [0.05, 0.1) is 6.61 Å². The summed E-state index contributed by atoms with van der Waals surface area (Å²) in [6.45, 7) is -0.521. The van der Waals surface area contributed by atoms with Crippen LogP contribution in [0.4, 0.5) is 16.2 Å². The standard InChI is InChI=1S/C21H26N2O7/c1-23(2)14-8-6-13(7-9-14)22-21(28)29-15-5-3-4-12(10-15)20-19(27)18(26)17(25)16(11-24)30-20/h3-10,16-20,24-27H,11H2,1-2H3,(H,22,28)/t16-,17-,18+,19-,20-/m1/s1. The lowest BCUT2D eigenvalue weighted by Crippen LogP contribution is -2.55. The average molecular weight is 418 g/mol. The Morgan fingerprint density at radius 2 is 1.77 bits per heavy atom. The fourth-order valence-corrected chi connectivity index (χ4v) is 3.23. The second-order valence-electron chi connectivity index (χ2n) is 7.28. The van der Waals surface area contributed by atoms with Crippen molar-refractivity contribution in [3.63, 3.8) is 0 Å². The van der Waals surface area contributed by atoms with Crippen LogP contribution >= 0.6 is 0 Å². The summed E-state index contributed by atoms with van der Waals surface area (Å²) in [7, 11) is 3.83. The summed E-state index contributed by atoms with van der Waals surface area (Å²) in [6, 6.07) is 13.5. The molecule has 0 bridgehead atoms. The van der Waals surface area contributed by atoms with Crippen LogP contribution in [0.15, 0.2) is 48.5 Å². The molecular weight excluding hydrogens is 392 g/mol. The summed E-state index contributed by atoms with van der Waals surface area (Å²) in [5, 5.41) is 42.1. The summed E-state index contributed by atoms with van der Waals surface area (Å²) in [4.78, 5) is 14.2. The topological polar surface area (TPSA) is 132 Å². The number of nitrogens with zero attached hydrogens (tertiary/aromatic N) is 1. The Bertz CT molecular complexity index is 857. The minimum absolute atomic E-state index is 0.201. The molecule has 5 N–H and O–H groups in total. The molecule has 1 aliphatic heterocycles. The van der Waals surface area contributed by atoms with Crippen LogP contribution < -0.4 is 15.0 Å². The quantitative estimate of drug-likeness (QED) is 0.484. The molecule has 0 aliphatic carbocycles. The Balaban J connectivity index is 1.68. The second kappa shape index (κ2) is 9.41. The third-order valence-corrected chi connectivity index (χ3v) is 4.92. The van der Waals surface area contributed by atoms with E-state index in [1.54, 1.807) is 30.3 Å². The van der Waals surface area contributed by atoms with Crippen molar-refractivity contribution < 1.29 is 34.7 Å². The van der Waals surface area contributed by atoms with Gasteiger partial charge in [-0.25, -0.2) is 4.79 Å². The molecule has 0 radical (unpaired) electrons. The van der Waals surface area contributed by atoms with Crippen LogP contribution in [-0.4, -0.2) is 71.6 Å². The van der Waals surface area contributed by atoms with E-state index in [1.807, 2.05) is 31.1 Å². The molecule has 0 unspecified atom stereocenters. The van der Waals surface area contributed by atoms with E-state index in [-0.39, 0.29) is 5.75 Å². The highest BCUT2D eigenvalue weighted by Crippen LogP contribution is 2.33. The van der Waals surface area contributed by atoms with Gasteiger partial charge in [-0.3, -0.25) is 5.32 Å². The molecular formula is C21H26N2O7. The molecule has 9 heteroatoms. The molecule has 9 nitrogen and oxygen atoms in total. The number of rotatable bonds is 5. The fraction of sp³-hybridized carbons (Fsp3) is 0.381. The number of aliphatic hydroxyl groups excluding tert-OH is 4. The Morgan fingerprint density at radius 3 is 2.40 bits per heavy atom. The maximum absolute atomic E-state index is 12.2. The number of amides is 1. The molecule has 2 aromatic rings. The molecule has 30 heavy (non-hydrogen) atoms. The molecule has 1 saturated heterocycles. The van der Waals surface area contributed by atoms with Crippen LogP contribution in [-0.2, 0) is 4.74 Å². The van der Waals surface area contributed by atoms with Crippen molar-refractivity contribution >= 4 is 17.5 Å². The van der Waals surface area contributed by atoms with Crippen molar-refractivity contribution in [2.75, 3.05) is 30.9 Å². The monoisotopic (exact) mass is 418 g/mol. The lowest BCUT2D eigenvalue weighted by molar-refractivity contribution is -0.231. The smallest absolute Gasteiger partial charge is 0.410 e. The number of hydrogen-bond donors (Lipinski definition) is 5. The van der Waals surface area contributed by atoms with E-state index < -0.39 is 43.2 Å². The van der Waals surface area contributed by atoms with Crippen molar-refractivity contribution in [3.05, 3.63) is 54.1 Å². The van der Waals surface area contributed by atoms with Gasteiger partial charge < -0.3 is 34.8 Å². The zero-order valence-corrected chi connectivity index (χ0v) is 16.7. The first-order valence-electron chi connectivity index (χ1n) is 9.47. The van der Waals surface area contributed by atoms with E-state index in [9.17, 15) is 25.2 Å². The molecule has 3 rings (SSSR count). The van der Waals surface area contributed by atoms with E-state index in [0.717, 1.165) is 5.69 Å². The Morgan fingerprint density at radius 1 is 1.07 bits per heavy atom. The Labute approximate surface area is 174 Å². The Hall–Kier alpha value is -2.69. The van der Waals surface area contributed by atoms with Gasteiger partial charge in [0.25, 0.3) is 0 Å². The molecule has 5 atom stereocenters. The summed E-state index contributed by atoms with van der Waals surface area (Å²) >= 11 is 0. The van der Waals surface area contributed by atoms with Gasteiger partial charge in [0.1, 0.15) is 36.3 Å². The van der Waals surface area contributed by atoms with Gasteiger partial charge in [-0.15, -0.1) is 0 Å². The number of nitrogens with one attached hydrogen (secondary N) is 1. The maximum Gasteiger partial charge on any atom is 0.417 e. The zero-order valence-electron chi connectivity index (χ0n) is 16.7. The largest absolute Gasteiger partial charge is 0.417 e. The molecule has 2 aromatic carbocycles. The molecule has 162 valence electrons. The van der Waals surface area contributed by atoms with Crippen LogP contribution in [0, 0.1) is 0 Å². The number of aliphatic hydroxyl groups is 4. The van der Waals surface area contributed by atoms with Gasteiger partial charge in [-0.05, 0) is 42.0 Å². The minimum Gasteiger partial charge on any atom is -0.410 e. The van der Waals surface area contributed by atoms with Crippen LogP contribution in [0.1, 0.15) is 11.7 Å². The first-order valence-corrected chi connectivity index (χ1v) is 9.47. The fourth-order valence-electron chi connectivity index (χ4n) is 3.23. The molecule has 1 fully saturated rings. The van der Waals surface area contributed by atoms with Gasteiger partial charge in [0.2, 0.25) is 0 Å². The molecule has 1 aliphatic rings.